The lowest BCUT2D eigenvalue weighted by Crippen LogP contribution is -2.29. The molecule has 2 aliphatic heterocycles. The minimum absolute atomic E-state index is 0.0475. The van der Waals surface area contributed by atoms with Crippen LogP contribution in [0.3, 0.4) is 0 Å². The summed E-state index contributed by atoms with van der Waals surface area (Å²) in [6.07, 6.45) is 0. The number of hydrogen-bond donors (Lipinski definition) is 1. The number of aliphatic hydroxyl groups excluding tert-OH is 1. The third kappa shape index (κ3) is 4.57. The highest BCUT2D eigenvalue weighted by Crippen LogP contribution is 2.46. The van der Waals surface area contributed by atoms with Crippen molar-refractivity contribution in [3.8, 4) is 28.7 Å². The Kier molecular flexibility index (Phi) is 7.30. The van der Waals surface area contributed by atoms with E-state index in [0.717, 1.165) is 5.56 Å². The maximum Gasteiger partial charge on any atom is 0.300 e. The third-order valence-corrected chi connectivity index (χ3v) is 7.01. The van der Waals surface area contributed by atoms with Gasteiger partial charge in [-0.15, -0.1) is 0 Å². The zero-order chi connectivity index (χ0) is 28.6. The number of Topliss-reactive ketones (excluding diaryl/α,β-unsaturated/α-hetero) is 1. The number of rotatable bonds is 8. The van der Waals surface area contributed by atoms with E-state index >= 15 is 0 Å². The molecule has 0 bridgehead atoms. The number of nitrogens with zero attached hydrogens (tertiary/aromatic N) is 1. The fourth-order valence-electron chi connectivity index (χ4n) is 5.06. The van der Waals surface area contributed by atoms with Crippen molar-refractivity contribution in [2.75, 3.05) is 32.5 Å². The first-order valence-corrected chi connectivity index (χ1v) is 13.0. The van der Waals surface area contributed by atoms with Gasteiger partial charge < -0.3 is 28.8 Å². The highest BCUT2D eigenvalue weighted by Gasteiger charge is 2.47. The standard InChI is InChI=1S/C31H31NO8/c1-6-38-22-10-8-19(13-21(22)17(2)3)29(33)27-28(18-7-11-23(36-4)25(14-18)37-5)32(31(35)30(27)34)20-9-12-24-26(15-20)40-16-39-24/h7-15,17,28,33H,6,16H2,1-5H3/b29-27+. The van der Waals surface area contributed by atoms with Crippen molar-refractivity contribution in [2.45, 2.75) is 32.7 Å². The summed E-state index contributed by atoms with van der Waals surface area (Å²) in [4.78, 5) is 28.6. The molecule has 5 rings (SSSR count). The van der Waals surface area contributed by atoms with Crippen molar-refractivity contribution < 1.29 is 38.4 Å². The predicted octanol–water partition coefficient (Wildman–Crippen LogP) is 5.58. The normalized spacial score (nSPS) is 17.4. The molecule has 9 nitrogen and oxygen atoms in total. The molecule has 40 heavy (non-hydrogen) atoms. The van der Waals surface area contributed by atoms with Crippen LogP contribution >= 0.6 is 0 Å². The zero-order valence-corrected chi connectivity index (χ0v) is 23.0. The molecule has 1 fully saturated rings. The number of carbonyl (C=O) groups is 2. The van der Waals surface area contributed by atoms with Gasteiger partial charge in [0.25, 0.3) is 11.7 Å². The molecule has 2 heterocycles. The molecule has 1 N–H and O–H groups in total. The van der Waals surface area contributed by atoms with Gasteiger partial charge in [-0.1, -0.05) is 19.9 Å². The Morgan fingerprint density at radius 1 is 0.950 bits per heavy atom. The van der Waals surface area contributed by atoms with E-state index in [1.54, 1.807) is 54.6 Å². The van der Waals surface area contributed by atoms with Crippen LogP contribution in [-0.4, -0.2) is 44.4 Å². The number of benzene rings is 3. The van der Waals surface area contributed by atoms with Crippen LogP contribution in [0.4, 0.5) is 5.69 Å². The Balaban J connectivity index is 1.72. The summed E-state index contributed by atoms with van der Waals surface area (Å²) in [7, 11) is 3.03. The first kappa shape index (κ1) is 26.9. The van der Waals surface area contributed by atoms with Crippen molar-refractivity contribution in [1.82, 2.24) is 0 Å². The Morgan fingerprint density at radius 2 is 1.68 bits per heavy atom. The zero-order valence-electron chi connectivity index (χ0n) is 23.0. The summed E-state index contributed by atoms with van der Waals surface area (Å²) >= 11 is 0. The van der Waals surface area contributed by atoms with E-state index in [2.05, 4.69) is 0 Å². The summed E-state index contributed by atoms with van der Waals surface area (Å²) in [6.45, 7) is 6.49. The van der Waals surface area contributed by atoms with Gasteiger partial charge in [0.15, 0.2) is 23.0 Å². The van der Waals surface area contributed by atoms with E-state index in [-0.39, 0.29) is 24.0 Å². The molecule has 2 aliphatic rings. The molecule has 0 aromatic heterocycles. The average molecular weight is 546 g/mol. The number of amides is 1. The smallest absolute Gasteiger partial charge is 0.300 e. The van der Waals surface area contributed by atoms with Crippen LogP contribution in [0.2, 0.25) is 0 Å². The van der Waals surface area contributed by atoms with Crippen molar-refractivity contribution in [1.29, 1.82) is 0 Å². The molecule has 3 aromatic rings. The number of carbonyl (C=O) groups excluding carboxylic acids is 2. The number of methoxy groups -OCH3 is 2. The van der Waals surface area contributed by atoms with Crippen LogP contribution in [0.25, 0.3) is 5.76 Å². The quantitative estimate of drug-likeness (QED) is 0.222. The third-order valence-electron chi connectivity index (χ3n) is 7.01. The number of ether oxygens (including phenoxy) is 5. The maximum atomic E-state index is 13.6. The average Bonchev–Trinajstić information content (AvgIpc) is 3.54. The van der Waals surface area contributed by atoms with Gasteiger partial charge in [-0.3, -0.25) is 14.5 Å². The largest absolute Gasteiger partial charge is 0.507 e. The fourth-order valence-corrected chi connectivity index (χ4v) is 5.06. The fraction of sp³-hybridized carbons (Fsp3) is 0.290. The van der Waals surface area contributed by atoms with Crippen LogP contribution in [0, 0.1) is 0 Å². The van der Waals surface area contributed by atoms with Crippen LogP contribution < -0.4 is 28.6 Å². The molecule has 0 saturated carbocycles. The lowest BCUT2D eigenvalue weighted by Gasteiger charge is -2.26. The molecule has 0 radical (unpaired) electrons. The molecular weight excluding hydrogens is 514 g/mol. The van der Waals surface area contributed by atoms with Gasteiger partial charge in [0.05, 0.1) is 32.4 Å². The molecule has 1 unspecified atom stereocenters. The van der Waals surface area contributed by atoms with Gasteiger partial charge in [-0.25, -0.2) is 0 Å². The first-order valence-electron chi connectivity index (χ1n) is 13.0. The summed E-state index contributed by atoms with van der Waals surface area (Å²) in [6, 6.07) is 14.4. The number of hydrogen-bond acceptors (Lipinski definition) is 8. The molecule has 1 atom stereocenters. The minimum atomic E-state index is -0.964. The minimum Gasteiger partial charge on any atom is -0.507 e. The Bertz CT molecular complexity index is 1510. The predicted molar refractivity (Wildman–Crippen MR) is 149 cm³/mol. The van der Waals surface area contributed by atoms with Gasteiger partial charge in [-0.05, 0) is 66.4 Å². The SMILES string of the molecule is CCOc1ccc(/C(O)=C2\C(=O)C(=O)N(c3ccc4c(c3)OCO4)C2c2ccc(OC)c(OC)c2)cc1C(C)C. The van der Waals surface area contributed by atoms with Crippen molar-refractivity contribution >= 4 is 23.1 Å². The monoisotopic (exact) mass is 545 g/mol. The first-order chi connectivity index (χ1) is 19.3. The van der Waals surface area contributed by atoms with E-state index in [0.29, 0.717) is 52.2 Å². The van der Waals surface area contributed by atoms with Crippen molar-refractivity contribution in [2.24, 2.45) is 0 Å². The Hall–Kier alpha value is -4.66. The van der Waals surface area contributed by atoms with E-state index in [1.165, 1.54) is 19.1 Å². The van der Waals surface area contributed by atoms with E-state index in [1.807, 2.05) is 20.8 Å². The number of fused-ring (bicyclic) bond motifs is 1. The molecule has 1 saturated heterocycles. The highest BCUT2D eigenvalue weighted by atomic mass is 16.7. The highest BCUT2D eigenvalue weighted by molar-refractivity contribution is 6.51. The summed E-state index contributed by atoms with van der Waals surface area (Å²) in [5.74, 6) is 0.811. The van der Waals surface area contributed by atoms with Crippen molar-refractivity contribution in [3.63, 3.8) is 0 Å². The van der Waals surface area contributed by atoms with Gasteiger partial charge in [0.2, 0.25) is 6.79 Å². The number of ketones is 1. The van der Waals surface area contributed by atoms with Crippen molar-refractivity contribution in [3.05, 3.63) is 76.9 Å². The van der Waals surface area contributed by atoms with Crippen LogP contribution in [0.15, 0.2) is 60.2 Å². The Morgan fingerprint density at radius 3 is 2.38 bits per heavy atom. The molecule has 208 valence electrons. The van der Waals surface area contributed by atoms with E-state index < -0.39 is 17.7 Å². The molecule has 9 heteroatoms. The van der Waals surface area contributed by atoms with Gasteiger partial charge in [-0.2, -0.15) is 0 Å². The van der Waals surface area contributed by atoms with Gasteiger partial charge in [0.1, 0.15) is 11.5 Å². The molecule has 3 aromatic carbocycles. The molecule has 0 spiro atoms. The molecular formula is C31H31NO8. The summed E-state index contributed by atoms with van der Waals surface area (Å²) < 4.78 is 27.6. The van der Waals surface area contributed by atoms with Gasteiger partial charge >= 0.3 is 0 Å². The summed E-state index contributed by atoms with van der Waals surface area (Å²) in [5.41, 5.74) is 2.19. The topological polar surface area (TPSA) is 104 Å². The Labute approximate surface area is 232 Å². The lowest BCUT2D eigenvalue weighted by molar-refractivity contribution is -0.132. The second-order valence-electron chi connectivity index (χ2n) is 9.66. The lowest BCUT2D eigenvalue weighted by atomic mass is 9.93. The van der Waals surface area contributed by atoms with Crippen LogP contribution in [-0.2, 0) is 9.59 Å². The number of anilines is 1. The maximum absolute atomic E-state index is 13.6. The second-order valence-corrected chi connectivity index (χ2v) is 9.66. The van der Waals surface area contributed by atoms with E-state index in [9.17, 15) is 14.7 Å². The van der Waals surface area contributed by atoms with E-state index in [4.69, 9.17) is 23.7 Å². The van der Waals surface area contributed by atoms with Crippen LogP contribution in [0.1, 0.15) is 49.4 Å². The summed E-state index contributed by atoms with van der Waals surface area (Å²) in [5, 5.41) is 11.7. The number of aliphatic hydroxyl groups is 1. The second kappa shape index (κ2) is 10.8. The molecule has 1 amide bonds. The van der Waals surface area contributed by atoms with Crippen LogP contribution in [0.5, 0.6) is 28.7 Å². The molecule has 0 aliphatic carbocycles. The van der Waals surface area contributed by atoms with Gasteiger partial charge in [0, 0.05) is 17.3 Å².